The number of aromatic nitrogens is 4. The molecule has 0 radical (unpaired) electrons. The van der Waals surface area contributed by atoms with Crippen LogP contribution in [-0.2, 0) is 12.2 Å². The molecule has 1 aromatic carbocycles. The van der Waals surface area contributed by atoms with Crippen LogP contribution >= 0.6 is 0 Å². The summed E-state index contributed by atoms with van der Waals surface area (Å²) in [5.74, 6) is -0.685. The highest BCUT2D eigenvalue weighted by Crippen LogP contribution is 2.39. The Morgan fingerprint density at radius 1 is 1.03 bits per heavy atom. The Labute approximate surface area is 216 Å². The lowest BCUT2D eigenvalue weighted by Crippen LogP contribution is -2.19. The Morgan fingerprint density at radius 2 is 1.74 bits per heavy atom. The largest absolute Gasteiger partial charge is 0.471 e. The van der Waals surface area contributed by atoms with Gasteiger partial charge in [0.25, 0.3) is 6.43 Å². The molecule has 38 heavy (non-hydrogen) atoms. The Kier molecular flexibility index (Phi) is 7.28. The normalized spacial score (nSPS) is 11.4. The van der Waals surface area contributed by atoms with Gasteiger partial charge in [-0.15, -0.1) is 0 Å². The average molecular weight is 521 g/mol. The van der Waals surface area contributed by atoms with Gasteiger partial charge in [-0.3, -0.25) is 9.97 Å². The molecule has 0 unspecified atom stereocenters. The quantitative estimate of drug-likeness (QED) is 0.338. The molecule has 0 aliphatic carbocycles. The molecule has 0 spiro atoms. The van der Waals surface area contributed by atoms with Crippen molar-refractivity contribution in [1.29, 1.82) is 5.26 Å². The number of nitrogens with two attached hydrogens (primary N) is 1. The predicted molar refractivity (Wildman–Crippen MR) is 133 cm³/mol. The van der Waals surface area contributed by atoms with E-state index in [0.717, 1.165) is 0 Å². The lowest BCUT2D eigenvalue weighted by molar-refractivity contribution is 0.0733. The van der Waals surface area contributed by atoms with Crippen molar-refractivity contribution >= 4 is 5.95 Å². The first kappa shape index (κ1) is 26.5. The second-order valence-corrected chi connectivity index (χ2v) is 9.03. The molecule has 0 amide bonds. The van der Waals surface area contributed by atoms with Gasteiger partial charge in [0.05, 0.1) is 34.3 Å². The minimum atomic E-state index is -2.83. The Hall–Kier alpha value is -4.56. The SMILES string of the molecule is Cc1cc(-c2c(OCc3cc(C#N)cc(C(C)(C)O)n3)nc(N)nc2-c2ccc(F)cc2)cc(C(F)F)n1. The number of nitrogens with zero attached hydrogens (tertiary/aromatic N) is 5. The summed E-state index contributed by atoms with van der Waals surface area (Å²) >= 11 is 0. The molecule has 0 saturated carbocycles. The van der Waals surface area contributed by atoms with Crippen molar-refractivity contribution in [3.05, 3.63) is 82.7 Å². The van der Waals surface area contributed by atoms with Crippen LogP contribution in [0.5, 0.6) is 5.88 Å². The molecular weight excluding hydrogens is 497 g/mol. The third-order valence-electron chi connectivity index (χ3n) is 5.49. The number of rotatable bonds is 7. The van der Waals surface area contributed by atoms with Crippen LogP contribution in [0.3, 0.4) is 0 Å². The van der Waals surface area contributed by atoms with Gasteiger partial charge in [0.15, 0.2) is 0 Å². The lowest BCUT2D eigenvalue weighted by atomic mass is 9.99. The number of ether oxygens (including phenoxy) is 1. The molecule has 0 aliphatic rings. The molecule has 8 nitrogen and oxygen atoms in total. The summed E-state index contributed by atoms with van der Waals surface area (Å²) in [6.07, 6.45) is -2.83. The van der Waals surface area contributed by atoms with E-state index >= 15 is 0 Å². The molecule has 3 heterocycles. The summed E-state index contributed by atoms with van der Waals surface area (Å²) in [4.78, 5) is 16.8. The summed E-state index contributed by atoms with van der Waals surface area (Å²) in [5.41, 5.74) is 6.56. The fraction of sp³-hybridized carbons (Fsp3) is 0.222. The highest BCUT2D eigenvalue weighted by atomic mass is 19.3. The molecule has 11 heteroatoms. The second kappa shape index (κ2) is 10.4. The van der Waals surface area contributed by atoms with Crippen LogP contribution in [0.4, 0.5) is 19.1 Å². The van der Waals surface area contributed by atoms with Crippen LogP contribution in [0.15, 0.2) is 48.5 Å². The van der Waals surface area contributed by atoms with Crippen molar-refractivity contribution in [3.8, 4) is 34.3 Å². The molecular formula is C27H23F3N6O2. The van der Waals surface area contributed by atoms with Crippen LogP contribution in [0.1, 0.15) is 48.6 Å². The molecule has 4 rings (SSSR count). The number of anilines is 1. The van der Waals surface area contributed by atoms with Crippen molar-refractivity contribution in [2.75, 3.05) is 5.73 Å². The zero-order chi connectivity index (χ0) is 27.6. The number of aliphatic hydroxyl groups is 1. The van der Waals surface area contributed by atoms with Gasteiger partial charge in [-0.1, -0.05) is 0 Å². The zero-order valence-electron chi connectivity index (χ0n) is 20.7. The van der Waals surface area contributed by atoms with E-state index in [0.29, 0.717) is 17.0 Å². The number of benzene rings is 1. The summed E-state index contributed by atoms with van der Waals surface area (Å²) in [6.45, 7) is 4.44. The fourth-order valence-electron chi connectivity index (χ4n) is 3.77. The Balaban J connectivity index is 1.88. The van der Waals surface area contributed by atoms with Gasteiger partial charge in [0, 0.05) is 11.3 Å². The van der Waals surface area contributed by atoms with Crippen LogP contribution in [0.25, 0.3) is 22.4 Å². The van der Waals surface area contributed by atoms with Gasteiger partial charge in [0.1, 0.15) is 23.7 Å². The minimum absolute atomic E-state index is 0.0448. The Bertz CT molecular complexity index is 1530. The number of hydrogen-bond donors (Lipinski definition) is 2. The number of aryl methyl sites for hydroxylation is 1. The van der Waals surface area contributed by atoms with Crippen molar-refractivity contribution in [3.63, 3.8) is 0 Å². The predicted octanol–water partition coefficient (Wildman–Crippen LogP) is 5.25. The van der Waals surface area contributed by atoms with Crippen LogP contribution < -0.4 is 10.5 Å². The van der Waals surface area contributed by atoms with E-state index in [2.05, 4.69) is 19.9 Å². The van der Waals surface area contributed by atoms with Crippen molar-refractivity contribution in [2.24, 2.45) is 0 Å². The van der Waals surface area contributed by atoms with Crippen molar-refractivity contribution < 1.29 is 23.0 Å². The first-order valence-corrected chi connectivity index (χ1v) is 11.4. The molecule has 0 aliphatic heterocycles. The molecule has 3 N–H and O–H groups in total. The summed E-state index contributed by atoms with van der Waals surface area (Å²) in [5, 5.41) is 19.8. The standard InChI is InChI=1S/C27H23F3N6O2/c1-14-8-17(11-20(33-14)24(29)30)22-23(16-4-6-18(28)7-5-16)35-26(32)36-25(22)38-13-19-9-15(12-31)10-21(34-19)27(2,3)37/h4-11,24,37H,13H2,1-3H3,(H2,32,35,36). The molecule has 0 fully saturated rings. The maximum Gasteiger partial charge on any atom is 0.280 e. The van der Waals surface area contributed by atoms with E-state index in [1.807, 2.05) is 6.07 Å². The van der Waals surface area contributed by atoms with Crippen LogP contribution in [0, 0.1) is 24.1 Å². The molecule has 194 valence electrons. The van der Waals surface area contributed by atoms with Crippen LogP contribution in [-0.4, -0.2) is 25.0 Å². The van der Waals surface area contributed by atoms with E-state index in [9.17, 15) is 23.5 Å². The highest BCUT2D eigenvalue weighted by Gasteiger charge is 2.23. The summed E-state index contributed by atoms with van der Waals surface area (Å²) < 4.78 is 46.8. The van der Waals surface area contributed by atoms with Gasteiger partial charge in [-0.2, -0.15) is 10.2 Å². The lowest BCUT2D eigenvalue weighted by Gasteiger charge is -2.19. The van der Waals surface area contributed by atoms with Crippen molar-refractivity contribution in [2.45, 2.75) is 39.4 Å². The van der Waals surface area contributed by atoms with E-state index in [-0.39, 0.29) is 46.5 Å². The van der Waals surface area contributed by atoms with E-state index in [1.54, 1.807) is 13.0 Å². The first-order chi connectivity index (χ1) is 17.9. The zero-order valence-corrected chi connectivity index (χ0v) is 20.7. The Morgan fingerprint density at radius 3 is 2.37 bits per heavy atom. The first-order valence-electron chi connectivity index (χ1n) is 11.4. The third-order valence-corrected chi connectivity index (χ3v) is 5.49. The summed E-state index contributed by atoms with van der Waals surface area (Å²) in [6, 6.07) is 13.2. The average Bonchev–Trinajstić information content (AvgIpc) is 2.86. The number of pyridine rings is 2. The number of hydrogen-bond acceptors (Lipinski definition) is 8. The molecule has 4 aromatic rings. The van der Waals surface area contributed by atoms with E-state index in [1.165, 1.54) is 56.3 Å². The van der Waals surface area contributed by atoms with E-state index in [4.69, 9.17) is 10.5 Å². The number of nitrogen functional groups attached to an aromatic ring is 1. The number of alkyl halides is 2. The molecule has 0 atom stereocenters. The monoisotopic (exact) mass is 520 g/mol. The van der Waals surface area contributed by atoms with Crippen LogP contribution in [0.2, 0.25) is 0 Å². The number of halogens is 3. The topological polar surface area (TPSA) is 131 Å². The van der Waals surface area contributed by atoms with Gasteiger partial charge in [0.2, 0.25) is 11.8 Å². The van der Waals surface area contributed by atoms with Gasteiger partial charge >= 0.3 is 0 Å². The molecule has 3 aromatic heterocycles. The summed E-state index contributed by atoms with van der Waals surface area (Å²) in [7, 11) is 0. The smallest absolute Gasteiger partial charge is 0.280 e. The number of nitriles is 1. The third kappa shape index (κ3) is 5.87. The van der Waals surface area contributed by atoms with Gasteiger partial charge < -0.3 is 15.6 Å². The minimum Gasteiger partial charge on any atom is -0.471 e. The fourth-order valence-corrected chi connectivity index (χ4v) is 3.77. The molecule has 0 bridgehead atoms. The van der Waals surface area contributed by atoms with Gasteiger partial charge in [-0.25, -0.2) is 18.2 Å². The maximum atomic E-state index is 13.6. The van der Waals surface area contributed by atoms with Gasteiger partial charge in [-0.05, 0) is 74.9 Å². The van der Waals surface area contributed by atoms with Crippen molar-refractivity contribution in [1.82, 2.24) is 19.9 Å². The highest BCUT2D eigenvalue weighted by molar-refractivity contribution is 5.85. The maximum absolute atomic E-state index is 13.6. The molecule has 0 saturated heterocycles. The van der Waals surface area contributed by atoms with E-state index < -0.39 is 23.5 Å². The second-order valence-electron chi connectivity index (χ2n) is 9.03.